The first-order valence-electron chi connectivity index (χ1n) is 7.16. The van der Waals surface area contributed by atoms with Crippen LogP contribution in [0.1, 0.15) is 16.1 Å². The first-order chi connectivity index (χ1) is 12.7. The number of hydrogen-bond donors (Lipinski definition) is 2. The standard InChI is InChI=1S/C16H8F5N3O2S/c17-8-2-1-3-9(18)12(8)13-7(16(19,20)21)4-5-10(23-13)14(25)24-11-6-22-27-15(11)26/h1-6,26H,(H,24,25). The SMILES string of the molecule is O=C(Nc1cnsc1O)c1ccc(C(F)(F)F)c(-c2c(F)cccc2F)n1. The fourth-order valence-electron chi connectivity index (χ4n) is 2.23. The van der Waals surface area contributed by atoms with Crippen molar-refractivity contribution < 1.29 is 31.9 Å². The van der Waals surface area contributed by atoms with E-state index in [1.165, 1.54) is 0 Å². The summed E-state index contributed by atoms with van der Waals surface area (Å²) in [7, 11) is 0. The summed E-state index contributed by atoms with van der Waals surface area (Å²) in [5, 5.41) is 11.4. The molecular weight excluding hydrogens is 393 g/mol. The van der Waals surface area contributed by atoms with Crippen molar-refractivity contribution >= 4 is 23.1 Å². The molecule has 0 aliphatic rings. The van der Waals surface area contributed by atoms with Crippen molar-refractivity contribution in [3.8, 4) is 16.3 Å². The summed E-state index contributed by atoms with van der Waals surface area (Å²) in [5.41, 5.74) is -4.07. The van der Waals surface area contributed by atoms with E-state index in [0.717, 1.165) is 30.5 Å². The van der Waals surface area contributed by atoms with Crippen molar-refractivity contribution in [3.05, 3.63) is 59.4 Å². The average Bonchev–Trinajstić information content (AvgIpc) is 2.98. The lowest BCUT2D eigenvalue weighted by atomic mass is 10.0. The smallest absolute Gasteiger partial charge is 0.418 e. The molecule has 1 amide bonds. The summed E-state index contributed by atoms with van der Waals surface area (Å²) in [4.78, 5) is 15.7. The highest BCUT2D eigenvalue weighted by Crippen LogP contribution is 2.38. The summed E-state index contributed by atoms with van der Waals surface area (Å²) in [6.07, 6.45) is -3.83. The topological polar surface area (TPSA) is 75.1 Å². The summed E-state index contributed by atoms with van der Waals surface area (Å²) in [5.74, 6) is -3.51. The number of rotatable bonds is 3. The lowest BCUT2D eigenvalue weighted by Crippen LogP contribution is -2.17. The minimum absolute atomic E-state index is 0.0784. The number of nitrogens with zero attached hydrogens (tertiary/aromatic N) is 2. The van der Waals surface area contributed by atoms with Crippen LogP contribution < -0.4 is 5.32 Å². The van der Waals surface area contributed by atoms with Crippen molar-refractivity contribution in [1.29, 1.82) is 0 Å². The molecule has 0 bridgehead atoms. The number of alkyl halides is 3. The third-order valence-corrected chi connectivity index (χ3v) is 4.04. The van der Waals surface area contributed by atoms with E-state index in [-0.39, 0.29) is 10.8 Å². The molecule has 0 spiro atoms. The van der Waals surface area contributed by atoms with Crippen LogP contribution in [0.5, 0.6) is 5.06 Å². The second-order valence-corrected chi connectivity index (χ2v) is 5.97. The van der Waals surface area contributed by atoms with Gasteiger partial charge in [-0.25, -0.2) is 13.8 Å². The summed E-state index contributed by atoms with van der Waals surface area (Å²) < 4.78 is 71.4. The van der Waals surface area contributed by atoms with Gasteiger partial charge in [0.15, 0.2) is 0 Å². The first kappa shape index (κ1) is 18.7. The van der Waals surface area contributed by atoms with E-state index in [4.69, 9.17) is 0 Å². The predicted octanol–water partition coefficient (Wildman–Crippen LogP) is 4.46. The molecule has 3 rings (SSSR count). The van der Waals surface area contributed by atoms with Crippen molar-refractivity contribution in [1.82, 2.24) is 9.36 Å². The molecule has 11 heteroatoms. The minimum Gasteiger partial charge on any atom is -0.497 e. The predicted molar refractivity (Wildman–Crippen MR) is 86.3 cm³/mol. The number of amides is 1. The van der Waals surface area contributed by atoms with Crippen LogP contribution >= 0.6 is 11.5 Å². The molecule has 2 heterocycles. The Balaban J connectivity index is 2.12. The van der Waals surface area contributed by atoms with Gasteiger partial charge in [-0.3, -0.25) is 4.79 Å². The molecule has 0 radical (unpaired) electrons. The van der Waals surface area contributed by atoms with E-state index in [0.29, 0.717) is 17.6 Å². The molecule has 0 fully saturated rings. The highest BCUT2D eigenvalue weighted by atomic mass is 32.1. The Morgan fingerprint density at radius 3 is 2.33 bits per heavy atom. The molecule has 0 unspecified atom stereocenters. The van der Waals surface area contributed by atoms with Gasteiger partial charge in [0.2, 0.25) is 5.06 Å². The van der Waals surface area contributed by atoms with Gasteiger partial charge in [-0.05, 0) is 24.3 Å². The van der Waals surface area contributed by atoms with Crippen LogP contribution in [-0.4, -0.2) is 20.4 Å². The monoisotopic (exact) mass is 401 g/mol. The second kappa shape index (κ2) is 6.91. The van der Waals surface area contributed by atoms with Gasteiger partial charge in [0.05, 0.1) is 23.0 Å². The van der Waals surface area contributed by atoms with Crippen LogP contribution in [0, 0.1) is 11.6 Å². The number of carbonyl (C=O) groups excluding carboxylic acids is 1. The third-order valence-electron chi connectivity index (χ3n) is 3.43. The largest absolute Gasteiger partial charge is 0.497 e. The average molecular weight is 401 g/mol. The zero-order valence-corrected chi connectivity index (χ0v) is 13.8. The molecule has 0 saturated carbocycles. The van der Waals surface area contributed by atoms with Crippen LogP contribution in [0.3, 0.4) is 0 Å². The lowest BCUT2D eigenvalue weighted by molar-refractivity contribution is -0.137. The lowest BCUT2D eigenvalue weighted by Gasteiger charge is -2.14. The normalized spacial score (nSPS) is 11.4. The molecule has 2 N–H and O–H groups in total. The van der Waals surface area contributed by atoms with E-state index >= 15 is 0 Å². The van der Waals surface area contributed by atoms with Crippen molar-refractivity contribution in [2.24, 2.45) is 0 Å². The molecule has 2 aromatic heterocycles. The highest BCUT2D eigenvalue weighted by molar-refractivity contribution is 7.08. The molecule has 27 heavy (non-hydrogen) atoms. The number of aromatic nitrogens is 2. The number of hydrogen-bond acceptors (Lipinski definition) is 5. The summed E-state index contributed by atoms with van der Waals surface area (Å²) in [6.45, 7) is 0. The summed E-state index contributed by atoms with van der Waals surface area (Å²) >= 11 is 0.674. The van der Waals surface area contributed by atoms with Crippen molar-refractivity contribution in [2.75, 3.05) is 5.32 Å². The molecule has 0 aliphatic carbocycles. The summed E-state index contributed by atoms with van der Waals surface area (Å²) in [6, 6.07) is 3.82. The van der Waals surface area contributed by atoms with Crippen LogP contribution in [-0.2, 0) is 6.18 Å². The minimum atomic E-state index is -4.96. The maximum Gasteiger partial charge on any atom is 0.418 e. The maximum absolute atomic E-state index is 14.0. The maximum atomic E-state index is 14.0. The van der Waals surface area contributed by atoms with Gasteiger partial charge in [0.1, 0.15) is 23.0 Å². The molecular formula is C16H8F5N3O2S. The molecule has 0 atom stereocenters. The number of nitrogens with one attached hydrogen (secondary N) is 1. The molecule has 0 aliphatic heterocycles. The Hall–Kier alpha value is -3.08. The Morgan fingerprint density at radius 1 is 1.11 bits per heavy atom. The quantitative estimate of drug-likeness (QED) is 0.636. The second-order valence-electron chi connectivity index (χ2n) is 5.19. The number of benzene rings is 1. The van der Waals surface area contributed by atoms with E-state index in [9.17, 15) is 31.9 Å². The number of carbonyl (C=O) groups is 1. The van der Waals surface area contributed by atoms with Crippen LogP contribution in [0.15, 0.2) is 36.5 Å². The van der Waals surface area contributed by atoms with E-state index in [2.05, 4.69) is 14.7 Å². The van der Waals surface area contributed by atoms with Gasteiger partial charge in [0, 0.05) is 11.5 Å². The van der Waals surface area contributed by atoms with Gasteiger partial charge in [0.25, 0.3) is 5.91 Å². The van der Waals surface area contributed by atoms with Crippen molar-refractivity contribution in [3.63, 3.8) is 0 Å². The molecule has 0 saturated heterocycles. The van der Waals surface area contributed by atoms with E-state index in [1.54, 1.807) is 0 Å². The fourth-order valence-corrected chi connectivity index (χ4v) is 2.69. The molecule has 140 valence electrons. The zero-order valence-electron chi connectivity index (χ0n) is 13.0. The third kappa shape index (κ3) is 3.72. The Kier molecular flexibility index (Phi) is 4.79. The van der Waals surface area contributed by atoms with Crippen LogP contribution in [0.2, 0.25) is 0 Å². The van der Waals surface area contributed by atoms with E-state index in [1.807, 2.05) is 0 Å². The number of pyridine rings is 1. The number of aromatic hydroxyl groups is 1. The van der Waals surface area contributed by atoms with Crippen molar-refractivity contribution in [2.45, 2.75) is 6.18 Å². The van der Waals surface area contributed by atoms with Gasteiger partial charge in [-0.15, -0.1) is 0 Å². The van der Waals surface area contributed by atoms with Crippen LogP contribution in [0.25, 0.3) is 11.3 Å². The zero-order chi connectivity index (χ0) is 19.8. The Bertz CT molecular complexity index is 999. The fraction of sp³-hybridized carbons (Fsp3) is 0.0625. The first-order valence-corrected chi connectivity index (χ1v) is 7.93. The molecule has 1 aromatic carbocycles. The van der Waals surface area contributed by atoms with Gasteiger partial charge >= 0.3 is 6.18 Å². The molecule has 3 aromatic rings. The van der Waals surface area contributed by atoms with Crippen LogP contribution in [0.4, 0.5) is 27.6 Å². The number of halogens is 5. The highest BCUT2D eigenvalue weighted by Gasteiger charge is 2.36. The van der Waals surface area contributed by atoms with Gasteiger partial charge in [-0.1, -0.05) is 6.07 Å². The van der Waals surface area contributed by atoms with E-state index < -0.39 is 46.2 Å². The Morgan fingerprint density at radius 2 is 1.78 bits per heavy atom. The Labute approximate surface area is 152 Å². The molecule has 5 nitrogen and oxygen atoms in total. The number of anilines is 1. The van der Waals surface area contributed by atoms with Gasteiger partial charge < -0.3 is 10.4 Å². The van der Waals surface area contributed by atoms with Gasteiger partial charge in [-0.2, -0.15) is 17.5 Å².